The zero-order valence-electron chi connectivity index (χ0n) is 8.97. The zero-order chi connectivity index (χ0) is 9.84. The topological polar surface area (TPSA) is 29.1 Å². The fraction of sp³-hybridized carbons (Fsp3) is 0.909. The van der Waals surface area contributed by atoms with E-state index >= 15 is 0 Å². The molecule has 0 heterocycles. The molecule has 0 aliphatic heterocycles. The highest BCUT2D eigenvalue weighted by Crippen LogP contribution is 2.27. The van der Waals surface area contributed by atoms with Gasteiger partial charge in [0.05, 0.1) is 0 Å². The average molecular weight is 183 g/mol. The first-order chi connectivity index (χ1) is 6.13. The monoisotopic (exact) mass is 183 g/mol. The van der Waals surface area contributed by atoms with Gasteiger partial charge in [-0.3, -0.25) is 4.79 Å². The summed E-state index contributed by atoms with van der Waals surface area (Å²) >= 11 is 0. The third-order valence-corrected chi connectivity index (χ3v) is 2.81. The molecule has 2 heteroatoms. The Bertz CT molecular complexity index is 177. The molecule has 0 spiro atoms. The van der Waals surface area contributed by atoms with Crippen molar-refractivity contribution in [1.82, 2.24) is 5.32 Å². The number of carbonyl (C=O) groups is 1. The Labute approximate surface area is 81.1 Å². The molecule has 0 bridgehead atoms. The van der Waals surface area contributed by atoms with Gasteiger partial charge >= 0.3 is 0 Å². The number of hydrogen-bond acceptors (Lipinski definition) is 2. The van der Waals surface area contributed by atoms with Crippen molar-refractivity contribution in [3.63, 3.8) is 0 Å². The van der Waals surface area contributed by atoms with E-state index in [0.29, 0.717) is 30.2 Å². The van der Waals surface area contributed by atoms with Crippen LogP contribution < -0.4 is 5.32 Å². The number of Topliss-reactive ketones (excluding diaryl/α,β-unsaturated/α-hetero) is 1. The molecule has 2 nitrogen and oxygen atoms in total. The third kappa shape index (κ3) is 3.11. The highest BCUT2D eigenvalue weighted by Gasteiger charge is 2.28. The fourth-order valence-electron chi connectivity index (χ4n) is 2.19. The summed E-state index contributed by atoms with van der Waals surface area (Å²) in [7, 11) is 0. The van der Waals surface area contributed by atoms with Gasteiger partial charge in [-0.25, -0.2) is 0 Å². The number of rotatable bonds is 4. The van der Waals surface area contributed by atoms with Gasteiger partial charge < -0.3 is 5.32 Å². The lowest BCUT2D eigenvalue weighted by atomic mass is 10.0. The number of hydrogen-bond donors (Lipinski definition) is 1. The van der Waals surface area contributed by atoms with Crippen LogP contribution in [-0.4, -0.2) is 17.9 Å². The average Bonchev–Trinajstić information content (AvgIpc) is 2.50. The van der Waals surface area contributed by atoms with Gasteiger partial charge in [-0.1, -0.05) is 20.8 Å². The smallest absolute Gasteiger partial charge is 0.135 e. The Kier molecular flexibility index (Phi) is 3.91. The molecular weight excluding hydrogens is 162 g/mol. The second kappa shape index (κ2) is 4.75. The van der Waals surface area contributed by atoms with Crippen LogP contribution >= 0.6 is 0 Å². The highest BCUT2D eigenvalue weighted by molar-refractivity contribution is 5.80. The molecule has 0 saturated heterocycles. The molecule has 1 aliphatic carbocycles. The Balaban J connectivity index is 2.32. The van der Waals surface area contributed by atoms with Crippen LogP contribution in [0.4, 0.5) is 0 Å². The van der Waals surface area contributed by atoms with E-state index in [1.807, 2.05) is 6.92 Å². The van der Waals surface area contributed by atoms with Crippen molar-refractivity contribution in [3.8, 4) is 0 Å². The molecule has 0 amide bonds. The van der Waals surface area contributed by atoms with Crippen LogP contribution in [-0.2, 0) is 4.79 Å². The minimum absolute atomic E-state index is 0.348. The summed E-state index contributed by atoms with van der Waals surface area (Å²) in [4.78, 5) is 11.4. The van der Waals surface area contributed by atoms with Crippen LogP contribution in [0.1, 0.15) is 46.5 Å². The maximum Gasteiger partial charge on any atom is 0.135 e. The number of nitrogens with one attached hydrogen (secondary N) is 1. The summed E-state index contributed by atoms with van der Waals surface area (Å²) in [6.07, 6.45) is 4.04. The van der Waals surface area contributed by atoms with Crippen LogP contribution in [0.2, 0.25) is 0 Å². The van der Waals surface area contributed by atoms with Crippen LogP contribution in [0.3, 0.4) is 0 Å². The molecule has 0 unspecified atom stereocenters. The van der Waals surface area contributed by atoms with Gasteiger partial charge in [0.1, 0.15) is 5.78 Å². The normalized spacial score (nSPS) is 28.3. The predicted octanol–water partition coefficient (Wildman–Crippen LogP) is 2.13. The largest absolute Gasteiger partial charge is 0.312 e. The lowest BCUT2D eigenvalue weighted by Gasteiger charge is -2.15. The van der Waals surface area contributed by atoms with Crippen molar-refractivity contribution in [2.24, 2.45) is 5.92 Å². The summed E-state index contributed by atoms with van der Waals surface area (Å²) < 4.78 is 0. The van der Waals surface area contributed by atoms with Crippen LogP contribution in [0.15, 0.2) is 0 Å². The van der Waals surface area contributed by atoms with Crippen LogP contribution in [0.5, 0.6) is 0 Å². The minimum Gasteiger partial charge on any atom is -0.312 e. The first kappa shape index (κ1) is 10.7. The SMILES string of the molecule is CCC(=O)[C@H]1CC[C@@H](NC(C)C)C1. The number of ketones is 1. The maximum absolute atomic E-state index is 11.4. The Morgan fingerprint density at radius 1 is 1.46 bits per heavy atom. The van der Waals surface area contributed by atoms with E-state index < -0.39 is 0 Å². The Hall–Kier alpha value is -0.370. The summed E-state index contributed by atoms with van der Waals surface area (Å²) in [5.41, 5.74) is 0. The van der Waals surface area contributed by atoms with Gasteiger partial charge in [0.2, 0.25) is 0 Å². The van der Waals surface area contributed by atoms with Crippen molar-refractivity contribution in [2.75, 3.05) is 0 Å². The zero-order valence-corrected chi connectivity index (χ0v) is 8.97. The van der Waals surface area contributed by atoms with E-state index in [2.05, 4.69) is 19.2 Å². The molecule has 76 valence electrons. The maximum atomic E-state index is 11.4. The minimum atomic E-state index is 0.348. The molecule has 1 saturated carbocycles. The molecule has 2 atom stereocenters. The molecule has 13 heavy (non-hydrogen) atoms. The first-order valence-electron chi connectivity index (χ1n) is 5.42. The predicted molar refractivity (Wildman–Crippen MR) is 54.7 cm³/mol. The summed E-state index contributed by atoms with van der Waals surface area (Å²) in [5.74, 6) is 0.800. The summed E-state index contributed by atoms with van der Waals surface area (Å²) in [6.45, 7) is 6.29. The van der Waals surface area contributed by atoms with Crippen molar-refractivity contribution in [1.29, 1.82) is 0 Å². The second-order valence-electron chi connectivity index (χ2n) is 4.35. The third-order valence-electron chi connectivity index (χ3n) is 2.81. The molecule has 1 fully saturated rings. The Morgan fingerprint density at radius 3 is 2.69 bits per heavy atom. The molecule has 1 aliphatic rings. The second-order valence-corrected chi connectivity index (χ2v) is 4.35. The molecule has 0 aromatic carbocycles. The van der Waals surface area contributed by atoms with Gasteiger partial charge in [0.15, 0.2) is 0 Å². The van der Waals surface area contributed by atoms with E-state index in [1.165, 1.54) is 6.42 Å². The van der Waals surface area contributed by atoms with Crippen molar-refractivity contribution in [2.45, 2.75) is 58.5 Å². The van der Waals surface area contributed by atoms with E-state index in [9.17, 15) is 4.79 Å². The molecule has 1 rings (SSSR count). The van der Waals surface area contributed by atoms with Gasteiger partial charge in [-0.05, 0) is 19.3 Å². The molecular formula is C11H21NO. The fourth-order valence-corrected chi connectivity index (χ4v) is 2.19. The van der Waals surface area contributed by atoms with E-state index in [1.54, 1.807) is 0 Å². The van der Waals surface area contributed by atoms with Crippen LogP contribution in [0, 0.1) is 5.92 Å². The molecule has 0 aromatic heterocycles. The van der Waals surface area contributed by atoms with Crippen LogP contribution in [0.25, 0.3) is 0 Å². The lowest BCUT2D eigenvalue weighted by molar-refractivity contribution is -0.122. The van der Waals surface area contributed by atoms with E-state index in [0.717, 1.165) is 12.8 Å². The van der Waals surface area contributed by atoms with Crippen molar-refractivity contribution < 1.29 is 4.79 Å². The quantitative estimate of drug-likeness (QED) is 0.723. The molecule has 1 N–H and O–H groups in total. The van der Waals surface area contributed by atoms with E-state index in [-0.39, 0.29) is 0 Å². The first-order valence-corrected chi connectivity index (χ1v) is 5.42. The van der Waals surface area contributed by atoms with E-state index in [4.69, 9.17) is 0 Å². The summed E-state index contributed by atoms with van der Waals surface area (Å²) in [5, 5.41) is 3.50. The van der Waals surface area contributed by atoms with Crippen molar-refractivity contribution >= 4 is 5.78 Å². The van der Waals surface area contributed by atoms with Gasteiger partial charge in [-0.2, -0.15) is 0 Å². The summed E-state index contributed by atoms with van der Waals surface area (Å²) in [6, 6.07) is 1.13. The standard InChI is InChI=1S/C11H21NO/c1-4-11(13)9-5-6-10(7-9)12-8(2)3/h8-10,12H,4-7H2,1-3H3/t9-,10+/m0/s1. The Morgan fingerprint density at radius 2 is 2.15 bits per heavy atom. The molecule has 0 radical (unpaired) electrons. The lowest BCUT2D eigenvalue weighted by Crippen LogP contribution is -2.33. The van der Waals surface area contributed by atoms with Gasteiger partial charge in [0.25, 0.3) is 0 Å². The van der Waals surface area contributed by atoms with Crippen molar-refractivity contribution in [3.05, 3.63) is 0 Å². The van der Waals surface area contributed by atoms with Gasteiger partial charge in [0, 0.05) is 24.4 Å². The molecule has 0 aromatic rings. The highest BCUT2D eigenvalue weighted by atomic mass is 16.1. The number of carbonyl (C=O) groups excluding carboxylic acids is 1. The van der Waals surface area contributed by atoms with Gasteiger partial charge in [-0.15, -0.1) is 0 Å².